The molecule has 0 aliphatic rings. The fourth-order valence-electron chi connectivity index (χ4n) is 2.05. The lowest BCUT2D eigenvalue weighted by atomic mass is 10.3. The number of rotatable bonds is 4. The molecule has 0 unspecified atom stereocenters. The van der Waals surface area contributed by atoms with Gasteiger partial charge in [0.05, 0.1) is 0 Å². The van der Waals surface area contributed by atoms with Crippen LogP contribution >= 0.6 is 35.1 Å². The highest BCUT2D eigenvalue weighted by Crippen LogP contribution is 2.39. The number of oxazole rings is 1. The van der Waals surface area contributed by atoms with Gasteiger partial charge in [-0.05, 0) is 47.8 Å². The van der Waals surface area contributed by atoms with Crippen molar-refractivity contribution in [1.82, 2.24) is 9.97 Å². The molecule has 0 spiro atoms. The van der Waals surface area contributed by atoms with Crippen molar-refractivity contribution in [3.63, 3.8) is 0 Å². The van der Waals surface area contributed by atoms with Gasteiger partial charge in [0.1, 0.15) is 16.4 Å². The molecular formula is C15H10ClF3N2OS2. The molecule has 2 heterocycles. The molecule has 9 heteroatoms. The van der Waals surface area contributed by atoms with Crippen molar-refractivity contribution >= 4 is 46.2 Å². The van der Waals surface area contributed by atoms with E-state index in [2.05, 4.69) is 9.97 Å². The van der Waals surface area contributed by atoms with Crippen LogP contribution in [0.15, 0.2) is 44.5 Å². The minimum Gasteiger partial charge on any atom is -0.435 e. The second kappa shape index (κ2) is 6.85. The molecule has 126 valence electrons. The van der Waals surface area contributed by atoms with Crippen LogP contribution in [0.5, 0.6) is 0 Å². The smallest absolute Gasteiger partial charge is 0.435 e. The Labute approximate surface area is 149 Å². The van der Waals surface area contributed by atoms with Gasteiger partial charge in [-0.3, -0.25) is 0 Å². The molecule has 0 aliphatic heterocycles. The third-order valence-corrected chi connectivity index (χ3v) is 4.78. The van der Waals surface area contributed by atoms with Crippen LogP contribution in [0.1, 0.15) is 6.92 Å². The quantitative estimate of drug-likeness (QED) is 0.388. The van der Waals surface area contributed by atoms with Crippen LogP contribution in [-0.4, -0.2) is 21.2 Å². The van der Waals surface area contributed by atoms with Crippen molar-refractivity contribution in [2.75, 3.05) is 5.75 Å². The minimum atomic E-state index is -4.35. The van der Waals surface area contributed by atoms with Crippen LogP contribution in [0, 0.1) is 0 Å². The molecule has 0 atom stereocenters. The number of benzene rings is 1. The fraction of sp³-hybridized carbons (Fsp3) is 0.200. The van der Waals surface area contributed by atoms with Gasteiger partial charge in [-0.1, -0.05) is 18.5 Å². The molecule has 24 heavy (non-hydrogen) atoms. The van der Waals surface area contributed by atoms with Gasteiger partial charge in [-0.2, -0.15) is 13.2 Å². The van der Waals surface area contributed by atoms with E-state index >= 15 is 0 Å². The van der Waals surface area contributed by atoms with Gasteiger partial charge >= 0.3 is 5.51 Å². The Hall–Kier alpha value is -1.38. The monoisotopic (exact) mass is 390 g/mol. The number of thioether (sulfide) groups is 2. The summed E-state index contributed by atoms with van der Waals surface area (Å²) in [5.74, 6) is 1.06. The lowest BCUT2D eigenvalue weighted by Crippen LogP contribution is -1.98. The predicted molar refractivity (Wildman–Crippen MR) is 90.6 cm³/mol. The number of alkyl halides is 3. The summed E-state index contributed by atoms with van der Waals surface area (Å²) < 4.78 is 43.1. The minimum absolute atomic E-state index is 0.0528. The Balaban J connectivity index is 2.04. The van der Waals surface area contributed by atoms with Crippen molar-refractivity contribution in [3.8, 4) is 11.6 Å². The standard InChI is InChI=1S/C15H10ClF3N2OS2/c1-2-23-11-5-6-12(16)21-13(11)14-20-9-7-8(24-15(17,18)19)3-4-10(9)22-14/h3-7H,2H2,1H3. The first-order valence-electron chi connectivity index (χ1n) is 6.82. The van der Waals surface area contributed by atoms with E-state index < -0.39 is 5.51 Å². The second-order valence-corrected chi connectivity index (χ2v) is 7.44. The number of nitrogens with zero attached hydrogens (tertiary/aromatic N) is 2. The third-order valence-electron chi connectivity index (χ3n) is 2.92. The van der Waals surface area contributed by atoms with Gasteiger partial charge in [0, 0.05) is 9.79 Å². The summed E-state index contributed by atoms with van der Waals surface area (Å²) in [7, 11) is 0. The molecule has 3 aromatic rings. The summed E-state index contributed by atoms with van der Waals surface area (Å²) in [4.78, 5) is 9.42. The van der Waals surface area contributed by atoms with Crippen LogP contribution in [0.25, 0.3) is 22.7 Å². The van der Waals surface area contributed by atoms with Gasteiger partial charge in [0.15, 0.2) is 5.58 Å². The predicted octanol–water partition coefficient (Wildman–Crippen LogP) is 6.27. The van der Waals surface area contributed by atoms with E-state index in [4.69, 9.17) is 16.0 Å². The maximum absolute atomic E-state index is 12.5. The summed E-state index contributed by atoms with van der Waals surface area (Å²) in [6.07, 6.45) is 0. The Morgan fingerprint density at radius 3 is 2.67 bits per heavy atom. The highest BCUT2D eigenvalue weighted by molar-refractivity contribution is 8.00. The van der Waals surface area contributed by atoms with Gasteiger partial charge in [0.25, 0.3) is 0 Å². The summed E-state index contributed by atoms with van der Waals surface area (Å²) in [5, 5.41) is 0.293. The number of aromatic nitrogens is 2. The van der Waals surface area contributed by atoms with Gasteiger partial charge in [0.2, 0.25) is 5.89 Å². The van der Waals surface area contributed by atoms with Crippen molar-refractivity contribution in [2.24, 2.45) is 0 Å². The zero-order valence-corrected chi connectivity index (χ0v) is 14.6. The maximum atomic E-state index is 12.5. The van der Waals surface area contributed by atoms with Crippen LogP contribution in [0.2, 0.25) is 5.15 Å². The number of hydrogen-bond donors (Lipinski definition) is 0. The average Bonchev–Trinajstić information content (AvgIpc) is 2.90. The van der Waals surface area contributed by atoms with Crippen molar-refractivity contribution < 1.29 is 17.6 Å². The molecule has 0 saturated heterocycles. The van der Waals surface area contributed by atoms with E-state index in [0.29, 0.717) is 21.9 Å². The maximum Gasteiger partial charge on any atom is 0.446 e. The number of pyridine rings is 1. The van der Waals surface area contributed by atoms with Crippen molar-refractivity contribution in [2.45, 2.75) is 22.2 Å². The van der Waals surface area contributed by atoms with E-state index in [-0.39, 0.29) is 22.5 Å². The molecule has 0 saturated carbocycles. The van der Waals surface area contributed by atoms with Crippen LogP contribution in [-0.2, 0) is 0 Å². The highest BCUT2D eigenvalue weighted by Gasteiger charge is 2.29. The summed E-state index contributed by atoms with van der Waals surface area (Å²) in [6, 6.07) is 7.65. The van der Waals surface area contributed by atoms with Gasteiger partial charge < -0.3 is 4.42 Å². The lowest BCUT2D eigenvalue weighted by Gasteiger charge is -2.04. The van der Waals surface area contributed by atoms with E-state index in [1.54, 1.807) is 17.8 Å². The van der Waals surface area contributed by atoms with Gasteiger partial charge in [-0.25, -0.2) is 9.97 Å². The molecule has 0 fully saturated rings. The summed E-state index contributed by atoms with van der Waals surface area (Å²) in [5.41, 5.74) is -3.13. The molecule has 0 bridgehead atoms. The Kier molecular flexibility index (Phi) is 4.98. The van der Waals surface area contributed by atoms with Gasteiger partial charge in [-0.15, -0.1) is 11.8 Å². The number of fused-ring (bicyclic) bond motifs is 1. The normalized spacial score (nSPS) is 12.0. The van der Waals surface area contributed by atoms with E-state index in [9.17, 15) is 13.2 Å². The largest absolute Gasteiger partial charge is 0.446 e. The second-order valence-electron chi connectivity index (χ2n) is 4.61. The summed E-state index contributed by atoms with van der Waals surface area (Å²) >= 11 is 7.31. The van der Waals surface area contributed by atoms with E-state index in [0.717, 1.165) is 10.6 Å². The molecule has 0 amide bonds. The SMILES string of the molecule is CCSc1ccc(Cl)nc1-c1nc2cc(SC(F)(F)F)ccc2o1. The van der Waals surface area contributed by atoms with Crippen molar-refractivity contribution in [1.29, 1.82) is 0 Å². The first-order chi connectivity index (χ1) is 11.4. The fourth-order valence-corrected chi connectivity index (χ4v) is 3.52. The number of halogens is 4. The zero-order valence-electron chi connectivity index (χ0n) is 12.2. The molecule has 0 radical (unpaired) electrons. The molecule has 2 aromatic heterocycles. The topological polar surface area (TPSA) is 38.9 Å². The molecule has 0 N–H and O–H groups in total. The Bertz CT molecular complexity index is 883. The molecule has 3 nitrogen and oxygen atoms in total. The molecule has 0 aliphatic carbocycles. The summed E-state index contributed by atoms with van der Waals surface area (Å²) in [6.45, 7) is 2.00. The first kappa shape index (κ1) is 17.4. The zero-order chi connectivity index (χ0) is 17.3. The Morgan fingerprint density at radius 1 is 1.17 bits per heavy atom. The van der Waals surface area contributed by atoms with Crippen molar-refractivity contribution in [3.05, 3.63) is 35.5 Å². The first-order valence-corrected chi connectivity index (χ1v) is 9.00. The van der Waals surface area contributed by atoms with E-state index in [1.165, 1.54) is 18.2 Å². The lowest BCUT2D eigenvalue weighted by molar-refractivity contribution is -0.0328. The molecular weight excluding hydrogens is 381 g/mol. The molecule has 3 rings (SSSR count). The third kappa shape index (κ3) is 3.99. The number of hydrogen-bond acceptors (Lipinski definition) is 5. The van der Waals surface area contributed by atoms with E-state index in [1.807, 2.05) is 13.0 Å². The van der Waals surface area contributed by atoms with Crippen LogP contribution in [0.3, 0.4) is 0 Å². The van der Waals surface area contributed by atoms with Crippen LogP contribution in [0.4, 0.5) is 13.2 Å². The average molecular weight is 391 g/mol. The highest BCUT2D eigenvalue weighted by atomic mass is 35.5. The molecule has 1 aromatic carbocycles. The van der Waals surface area contributed by atoms with Crippen LogP contribution < -0.4 is 0 Å². The Morgan fingerprint density at radius 2 is 1.96 bits per heavy atom.